The van der Waals surface area contributed by atoms with Crippen LogP contribution in [0.3, 0.4) is 0 Å². The molecule has 0 aliphatic rings. The van der Waals surface area contributed by atoms with E-state index < -0.39 is 0 Å². The molecule has 4 nitrogen and oxygen atoms in total. The molecule has 1 N–H and O–H groups in total. The van der Waals surface area contributed by atoms with Gasteiger partial charge in [-0.3, -0.25) is 4.79 Å². The monoisotopic (exact) mass is 224 g/mol. The molecule has 1 aromatic rings. The summed E-state index contributed by atoms with van der Waals surface area (Å²) in [7, 11) is 0. The van der Waals surface area contributed by atoms with Crippen LogP contribution in [0.2, 0.25) is 0 Å². The first-order valence-corrected chi connectivity index (χ1v) is 5.93. The molecule has 4 heteroatoms. The molecule has 90 valence electrons. The summed E-state index contributed by atoms with van der Waals surface area (Å²) < 4.78 is 5.59. The van der Waals surface area contributed by atoms with E-state index in [9.17, 15) is 4.79 Å². The number of H-pyrrole nitrogens is 1. The molecule has 1 unspecified atom stereocenters. The van der Waals surface area contributed by atoms with Crippen molar-refractivity contribution < 1.29 is 4.74 Å². The van der Waals surface area contributed by atoms with Crippen molar-refractivity contribution in [1.29, 1.82) is 0 Å². The van der Waals surface area contributed by atoms with E-state index >= 15 is 0 Å². The van der Waals surface area contributed by atoms with Gasteiger partial charge in [0.2, 0.25) is 0 Å². The van der Waals surface area contributed by atoms with Crippen LogP contribution in [0.15, 0.2) is 17.1 Å². The third-order valence-electron chi connectivity index (χ3n) is 2.44. The van der Waals surface area contributed by atoms with Crippen molar-refractivity contribution in [3.8, 4) is 5.75 Å². The van der Waals surface area contributed by atoms with Crippen LogP contribution >= 0.6 is 0 Å². The lowest BCUT2D eigenvalue weighted by Gasteiger charge is -2.13. The molecular weight excluding hydrogens is 204 g/mol. The van der Waals surface area contributed by atoms with E-state index in [1.165, 1.54) is 37.9 Å². The first-order valence-electron chi connectivity index (χ1n) is 5.93. The van der Waals surface area contributed by atoms with Crippen LogP contribution in [-0.4, -0.2) is 16.3 Å². The summed E-state index contributed by atoms with van der Waals surface area (Å²) in [6.07, 6.45) is 7.63. The van der Waals surface area contributed by atoms with Crippen molar-refractivity contribution in [3.63, 3.8) is 0 Å². The van der Waals surface area contributed by atoms with Gasteiger partial charge in [0.1, 0.15) is 5.75 Å². The van der Waals surface area contributed by atoms with E-state index in [0.29, 0.717) is 5.75 Å². The highest BCUT2D eigenvalue weighted by molar-refractivity contribution is 5.13. The number of hydrogen-bond donors (Lipinski definition) is 1. The lowest BCUT2D eigenvalue weighted by molar-refractivity contribution is 0.205. The van der Waals surface area contributed by atoms with Crippen LogP contribution in [-0.2, 0) is 0 Å². The van der Waals surface area contributed by atoms with Crippen LogP contribution in [0.4, 0.5) is 0 Å². The summed E-state index contributed by atoms with van der Waals surface area (Å²) in [6, 6.07) is 1.43. The van der Waals surface area contributed by atoms with Gasteiger partial charge in [-0.1, -0.05) is 26.2 Å². The number of aromatic nitrogens is 2. The Kier molecular flexibility index (Phi) is 5.61. The first kappa shape index (κ1) is 12.7. The second-order valence-electron chi connectivity index (χ2n) is 4.06. The van der Waals surface area contributed by atoms with Crippen LogP contribution in [0, 0.1) is 0 Å². The van der Waals surface area contributed by atoms with Crippen molar-refractivity contribution in [2.45, 2.75) is 52.1 Å². The maximum absolute atomic E-state index is 11.0. The quantitative estimate of drug-likeness (QED) is 0.724. The van der Waals surface area contributed by atoms with Crippen molar-refractivity contribution >= 4 is 0 Å². The minimum Gasteiger partial charge on any atom is -0.489 e. The van der Waals surface area contributed by atoms with E-state index in [1.54, 1.807) is 0 Å². The third kappa shape index (κ3) is 4.96. The molecule has 0 aromatic carbocycles. The van der Waals surface area contributed by atoms with Gasteiger partial charge in [0.05, 0.1) is 12.3 Å². The second kappa shape index (κ2) is 7.04. The highest BCUT2D eigenvalue weighted by Crippen LogP contribution is 2.11. The minimum absolute atomic E-state index is 0.139. The molecule has 0 spiro atoms. The van der Waals surface area contributed by atoms with E-state index in [1.807, 2.05) is 6.92 Å². The average molecular weight is 224 g/mol. The van der Waals surface area contributed by atoms with Crippen molar-refractivity contribution in [1.82, 2.24) is 10.2 Å². The molecule has 0 aliphatic heterocycles. The fourth-order valence-electron chi connectivity index (χ4n) is 1.57. The summed E-state index contributed by atoms with van der Waals surface area (Å²) in [5.41, 5.74) is -0.226. The highest BCUT2D eigenvalue weighted by atomic mass is 16.5. The molecule has 0 bridgehead atoms. The molecule has 1 atom stereocenters. The summed E-state index contributed by atoms with van der Waals surface area (Å²) >= 11 is 0. The van der Waals surface area contributed by atoms with Gasteiger partial charge in [0.15, 0.2) is 0 Å². The largest absolute Gasteiger partial charge is 0.489 e. The van der Waals surface area contributed by atoms with E-state index in [0.717, 1.165) is 6.42 Å². The smallest absolute Gasteiger partial charge is 0.267 e. The summed E-state index contributed by atoms with van der Waals surface area (Å²) in [6.45, 7) is 4.22. The molecule has 0 amide bonds. The molecule has 0 fully saturated rings. The first-order chi connectivity index (χ1) is 7.72. The van der Waals surface area contributed by atoms with Gasteiger partial charge in [0, 0.05) is 6.07 Å². The zero-order valence-electron chi connectivity index (χ0n) is 10.0. The fourth-order valence-corrected chi connectivity index (χ4v) is 1.57. The Morgan fingerprint density at radius 3 is 2.94 bits per heavy atom. The SMILES string of the molecule is CCCCCCC(C)Oc1cn[nH]c(=O)c1. The van der Waals surface area contributed by atoms with Gasteiger partial charge in [-0.25, -0.2) is 5.10 Å². The number of nitrogens with zero attached hydrogens (tertiary/aromatic N) is 1. The average Bonchev–Trinajstić information content (AvgIpc) is 2.24. The number of rotatable bonds is 7. The summed E-state index contributed by atoms with van der Waals surface area (Å²) in [5, 5.41) is 6.00. The predicted molar refractivity (Wildman–Crippen MR) is 63.7 cm³/mol. The molecule has 16 heavy (non-hydrogen) atoms. The van der Waals surface area contributed by atoms with Gasteiger partial charge in [-0.05, 0) is 19.8 Å². The summed E-state index contributed by atoms with van der Waals surface area (Å²) in [5.74, 6) is 0.548. The summed E-state index contributed by atoms with van der Waals surface area (Å²) in [4.78, 5) is 11.0. The Morgan fingerprint density at radius 1 is 1.44 bits per heavy atom. The molecule has 1 heterocycles. The second-order valence-corrected chi connectivity index (χ2v) is 4.06. The maximum atomic E-state index is 11.0. The number of ether oxygens (including phenoxy) is 1. The van der Waals surface area contributed by atoms with Crippen molar-refractivity contribution in [2.24, 2.45) is 0 Å². The molecule has 0 saturated carbocycles. The number of aromatic amines is 1. The van der Waals surface area contributed by atoms with Gasteiger partial charge in [-0.15, -0.1) is 0 Å². The molecule has 1 rings (SSSR count). The highest BCUT2D eigenvalue weighted by Gasteiger charge is 2.04. The van der Waals surface area contributed by atoms with Crippen LogP contribution in [0.1, 0.15) is 46.0 Å². The standard InChI is InChI=1S/C12H20N2O2/c1-3-4-5-6-7-10(2)16-11-8-12(15)14-13-9-11/h8-10H,3-7H2,1-2H3,(H,14,15). The Hall–Kier alpha value is -1.32. The zero-order valence-corrected chi connectivity index (χ0v) is 10.0. The van der Waals surface area contributed by atoms with E-state index in [4.69, 9.17) is 4.74 Å². The minimum atomic E-state index is -0.226. The number of nitrogens with one attached hydrogen (secondary N) is 1. The number of unbranched alkanes of at least 4 members (excludes halogenated alkanes) is 3. The van der Waals surface area contributed by atoms with Crippen molar-refractivity contribution in [2.75, 3.05) is 0 Å². The van der Waals surface area contributed by atoms with Gasteiger partial charge in [-0.2, -0.15) is 5.10 Å². The zero-order chi connectivity index (χ0) is 11.8. The Balaban J connectivity index is 2.28. The van der Waals surface area contributed by atoms with Gasteiger partial charge >= 0.3 is 0 Å². The van der Waals surface area contributed by atoms with Crippen molar-refractivity contribution in [3.05, 3.63) is 22.6 Å². The lowest BCUT2D eigenvalue weighted by atomic mass is 10.1. The Bertz CT molecular complexity index is 349. The Labute approximate surface area is 96.0 Å². The van der Waals surface area contributed by atoms with Gasteiger partial charge in [0.25, 0.3) is 5.56 Å². The van der Waals surface area contributed by atoms with Gasteiger partial charge < -0.3 is 4.74 Å². The third-order valence-corrected chi connectivity index (χ3v) is 2.44. The normalized spacial score (nSPS) is 12.4. The molecule has 0 aliphatic carbocycles. The number of hydrogen-bond acceptors (Lipinski definition) is 3. The van der Waals surface area contributed by atoms with E-state index in [-0.39, 0.29) is 11.7 Å². The molecule has 0 radical (unpaired) electrons. The maximum Gasteiger partial charge on any atom is 0.267 e. The lowest BCUT2D eigenvalue weighted by Crippen LogP contribution is -2.14. The van der Waals surface area contributed by atoms with Crippen LogP contribution in [0.25, 0.3) is 0 Å². The van der Waals surface area contributed by atoms with Crippen LogP contribution < -0.4 is 10.3 Å². The van der Waals surface area contributed by atoms with E-state index in [2.05, 4.69) is 17.1 Å². The molecule has 0 saturated heterocycles. The predicted octanol–water partition coefficient (Wildman–Crippen LogP) is 2.51. The molecular formula is C12H20N2O2. The fraction of sp³-hybridized carbons (Fsp3) is 0.667. The topological polar surface area (TPSA) is 55.0 Å². The molecule has 1 aromatic heterocycles. The van der Waals surface area contributed by atoms with Crippen LogP contribution in [0.5, 0.6) is 5.75 Å². The Morgan fingerprint density at radius 2 is 2.25 bits per heavy atom.